The number of ether oxygens (including phenoxy) is 2. The van der Waals surface area contributed by atoms with Crippen molar-refractivity contribution in [2.75, 3.05) is 24.9 Å². The fraction of sp³-hybridized carbons (Fsp3) is 0.154. The molecule has 4 N–H and O–H groups in total. The molecule has 1 rings (SSSR count). The van der Waals surface area contributed by atoms with Crippen LogP contribution in [0, 0.1) is 0 Å². The molecule has 0 aliphatic carbocycles. The van der Waals surface area contributed by atoms with Crippen LogP contribution in [-0.4, -0.2) is 32.2 Å². The summed E-state index contributed by atoms with van der Waals surface area (Å²) >= 11 is 0. The van der Waals surface area contributed by atoms with Crippen LogP contribution in [0.5, 0.6) is 0 Å². The molecule has 0 aliphatic heterocycles. The highest BCUT2D eigenvalue weighted by Crippen LogP contribution is 2.15. The van der Waals surface area contributed by atoms with E-state index in [9.17, 15) is 14.4 Å². The van der Waals surface area contributed by atoms with Crippen molar-refractivity contribution in [1.29, 1.82) is 0 Å². The summed E-state index contributed by atoms with van der Waals surface area (Å²) in [6.45, 7) is 0. The lowest BCUT2D eigenvalue weighted by atomic mass is 10.2. The maximum atomic E-state index is 11.5. The number of esters is 2. The smallest absolute Gasteiger partial charge is 0.354 e. The van der Waals surface area contributed by atoms with Crippen LogP contribution in [0.3, 0.4) is 0 Å². The number of hydrogen-bond donors (Lipinski definition) is 3. The van der Waals surface area contributed by atoms with Gasteiger partial charge in [0.25, 0.3) is 0 Å². The lowest BCUT2D eigenvalue weighted by molar-refractivity contribution is -0.138. The number of amides is 2. The first-order valence-electron chi connectivity index (χ1n) is 5.77. The highest BCUT2D eigenvalue weighted by molar-refractivity contribution is 5.98. The van der Waals surface area contributed by atoms with Crippen molar-refractivity contribution in [3.63, 3.8) is 0 Å². The van der Waals surface area contributed by atoms with Crippen molar-refractivity contribution in [1.82, 2.24) is 0 Å². The molecule has 0 saturated heterocycles. The van der Waals surface area contributed by atoms with Crippen molar-refractivity contribution < 1.29 is 23.9 Å². The Morgan fingerprint density at radius 1 is 1.00 bits per heavy atom. The average Bonchev–Trinajstić information content (AvgIpc) is 2.46. The predicted octanol–water partition coefficient (Wildman–Crippen LogP) is 0.819. The number of carbonyl (C=O) groups is 3. The SMILES string of the molecule is COC(=O)/C=C(/Nc1ccc(NC(N)=O)cc1)C(=O)OC. The molecule has 8 heteroatoms. The number of hydrogen-bond acceptors (Lipinski definition) is 6. The Morgan fingerprint density at radius 3 is 1.95 bits per heavy atom. The molecular formula is C13H15N3O5. The van der Waals surface area contributed by atoms with Gasteiger partial charge in [0.2, 0.25) is 0 Å². The van der Waals surface area contributed by atoms with Gasteiger partial charge in [-0.05, 0) is 24.3 Å². The molecule has 1 aromatic rings. The minimum atomic E-state index is -0.722. The number of benzene rings is 1. The third-order valence-corrected chi connectivity index (χ3v) is 2.30. The fourth-order valence-corrected chi connectivity index (χ4v) is 1.37. The minimum Gasteiger partial charge on any atom is -0.466 e. The molecule has 0 radical (unpaired) electrons. The highest BCUT2D eigenvalue weighted by Gasteiger charge is 2.12. The van der Waals surface area contributed by atoms with Crippen LogP contribution in [0.2, 0.25) is 0 Å². The largest absolute Gasteiger partial charge is 0.466 e. The Labute approximate surface area is 120 Å². The summed E-state index contributed by atoms with van der Waals surface area (Å²) in [5, 5.41) is 5.11. The zero-order chi connectivity index (χ0) is 15.8. The van der Waals surface area contributed by atoms with E-state index in [1.54, 1.807) is 24.3 Å². The number of nitrogens with two attached hydrogens (primary N) is 1. The fourth-order valence-electron chi connectivity index (χ4n) is 1.37. The lowest BCUT2D eigenvalue weighted by Gasteiger charge is -2.09. The summed E-state index contributed by atoms with van der Waals surface area (Å²) in [7, 11) is 2.38. The summed E-state index contributed by atoms with van der Waals surface area (Å²) in [4.78, 5) is 33.4. The molecular weight excluding hydrogens is 278 g/mol. The first-order valence-corrected chi connectivity index (χ1v) is 5.77. The van der Waals surface area contributed by atoms with Crippen LogP contribution in [0.1, 0.15) is 0 Å². The molecule has 0 saturated carbocycles. The standard InChI is InChI=1S/C13H15N3O5/c1-20-11(17)7-10(12(18)21-2)15-8-3-5-9(6-4-8)16-13(14)19/h3-7,15H,1-2H3,(H3,14,16,19)/b10-7+. The van der Waals surface area contributed by atoms with Crippen molar-refractivity contribution in [3.05, 3.63) is 36.0 Å². The number of rotatable bonds is 5. The van der Waals surface area contributed by atoms with E-state index in [2.05, 4.69) is 20.1 Å². The van der Waals surface area contributed by atoms with Crippen molar-refractivity contribution >= 4 is 29.3 Å². The van der Waals surface area contributed by atoms with Crippen LogP contribution in [-0.2, 0) is 19.1 Å². The van der Waals surface area contributed by atoms with E-state index in [0.29, 0.717) is 11.4 Å². The molecule has 0 bridgehead atoms. The Balaban J connectivity index is 2.88. The number of nitrogens with one attached hydrogen (secondary N) is 2. The predicted molar refractivity (Wildman–Crippen MR) is 75.4 cm³/mol. The second kappa shape index (κ2) is 7.53. The first kappa shape index (κ1) is 16.0. The third kappa shape index (κ3) is 5.23. The Kier molecular flexibility index (Phi) is 5.75. The molecule has 112 valence electrons. The van der Waals surface area contributed by atoms with Crippen LogP contribution >= 0.6 is 0 Å². The van der Waals surface area contributed by atoms with Gasteiger partial charge < -0.3 is 25.8 Å². The monoisotopic (exact) mass is 293 g/mol. The van der Waals surface area contributed by atoms with Gasteiger partial charge in [0.1, 0.15) is 5.70 Å². The number of anilines is 2. The molecule has 1 aromatic carbocycles. The van der Waals surface area contributed by atoms with Gasteiger partial charge in [0.15, 0.2) is 0 Å². The van der Waals surface area contributed by atoms with Gasteiger partial charge in [0.05, 0.1) is 20.3 Å². The molecule has 0 atom stereocenters. The zero-order valence-corrected chi connectivity index (χ0v) is 11.5. The minimum absolute atomic E-state index is 0.0834. The van der Waals surface area contributed by atoms with Gasteiger partial charge in [0, 0.05) is 11.4 Å². The van der Waals surface area contributed by atoms with Crippen molar-refractivity contribution in [2.45, 2.75) is 0 Å². The van der Waals surface area contributed by atoms with E-state index in [4.69, 9.17) is 5.73 Å². The molecule has 0 heterocycles. The van der Waals surface area contributed by atoms with E-state index < -0.39 is 18.0 Å². The summed E-state index contributed by atoms with van der Waals surface area (Å²) < 4.78 is 9.01. The number of primary amides is 1. The van der Waals surface area contributed by atoms with E-state index in [1.165, 1.54) is 14.2 Å². The van der Waals surface area contributed by atoms with Gasteiger partial charge in [-0.3, -0.25) is 0 Å². The average molecular weight is 293 g/mol. The van der Waals surface area contributed by atoms with Gasteiger partial charge in [-0.1, -0.05) is 0 Å². The van der Waals surface area contributed by atoms with Crippen molar-refractivity contribution in [2.24, 2.45) is 5.73 Å². The van der Waals surface area contributed by atoms with Crippen LogP contribution in [0.15, 0.2) is 36.0 Å². The summed E-state index contributed by atoms with van der Waals surface area (Å²) in [6, 6.07) is 5.62. The number of carbonyl (C=O) groups excluding carboxylic acids is 3. The molecule has 21 heavy (non-hydrogen) atoms. The maximum absolute atomic E-state index is 11.5. The van der Waals surface area contributed by atoms with Gasteiger partial charge in [-0.15, -0.1) is 0 Å². The normalized spacial score (nSPS) is 10.5. The topological polar surface area (TPSA) is 120 Å². The summed E-state index contributed by atoms with van der Waals surface area (Å²) in [5.41, 5.74) is 5.90. The van der Waals surface area contributed by atoms with Gasteiger partial charge in [-0.2, -0.15) is 0 Å². The molecule has 0 unspecified atom stereocenters. The third-order valence-electron chi connectivity index (χ3n) is 2.30. The second-order valence-electron chi connectivity index (χ2n) is 3.76. The van der Waals surface area contributed by atoms with E-state index in [0.717, 1.165) is 6.08 Å². The Morgan fingerprint density at radius 2 is 1.52 bits per heavy atom. The lowest BCUT2D eigenvalue weighted by Crippen LogP contribution is -2.19. The Hall–Kier alpha value is -3.03. The van der Waals surface area contributed by atoms with Crippen LogP contribution < -0.4 is 16.4 Å². The Bertz CT molecular complexity index is 566. The zero-order valence-electron chi connectivity index (χ0n) is 11.5. The van der Waals surface area contributed by atoms with Crippen LogP contribution in [0.4, 0.5) is 16.2 Å². The quantitative estimate of drug-likeness (QED) is 0.546. The highest BCUT2D eigenvalue weighted by atomic mass is 16.5. The van der Waals surface area contributed by atoms with E-state index in [-0.39, 0.29) is 5.70 Å². The van der Waals surface area contributed by atoms with Gasteiger partial charge in [-0.25, -0.2) is 14.4 Å². The number of methoxy groups -OCH3 is 2. The molecule has 0 fully saturated rings. The molecule has 8 nitrogen and oxygen atoms in total. The van der Waals surface area contributed by atoms with E-state index >= 15 is 0 Å². The van der Waals surface area contributed by atoms with Gasteiger partial charge >= 0.3 is 18.0 Å². The van der Waals surface area contributed by atoms with Crippen LogP contribution in [0.25, 0.3) is 0 Å². The maximum Gasteiger partial charge on any atom is 0.354 e. The molecule has 0 aromatic heterocycles. The molecule has 0 spiro atoms. The summed E-state index contributed by atoms with van der Waals surface area (Å²) in [6.07, 6.45) is 0.974. The second-order valence-corrected chi connectivity index (χ2v) is 3.76. The first-order chi connectivity index (χ1) is 9.96. The number of urea groups is 1. The van der Waals surface area contributed by atoms with Crippen molar-refractivity contribution in [3.8, 4) is 0 Å². The molecule has 0 aliphatic rings. The summed E-state index contributed by atoms with van der Waals surface area (Å²) in [5.74, 6) is -1.42. The molecule has 2 amide bonds. The van der Waals surface area contributed by atoms with E-state index in [1.807, 2.05) is 0 Å².